The molecular weight excluding hydrogens is 220 g/mol. The Hall–Kier alpha value is -1.32. The molecule has 0 bridgehead atoms. The number of aldehydes is 1. The molecule has 0 aliphatic rings. The standard InChI is InChI=1S/C13H19O4/c1-9(8-15)13(3,4)10(2)12(17)11(16)6-5-7-14/h7,9-10H,5-6H2,1-4H3. The summed E-state index contributed by atoms with van der Waals surface area (Å²) in [5.74, 6) is -2.05. The van der Waals surface area contributed by atoms with Crippen LogP contribution in [0.1, 0.15) is 40.5 Å². The van der Waals surface area contributed by atoms with Gasteiger partial charge < -0.3 is 4.79 Å². The van der Waals surface area contributed by atoms with Crippen molar-refractivity contribution in [3.05, 3.63) is 0 Å². The average molecular weight is 239 g/mol. The highest BCUT2D eigenvalue weighted by atomic mass is 16.2. The van der Waals surface area contributed by atoms with Crippen LogP contribution in [0, 0.1) is 17.3 Å². The van der Waals surface area contributed by atoms with Crippen molar-refractivity contribution in [3.8, 4) is 0 Å². The van der Waals surface area contributed by atoms with Gasteiger partial charge in [0.1, 0.15) is 6.29 Å². The minimum Gasteiger partial charge on any atom is -0.303 e. The zero-order valence-electron chi connectivity index (χ0n) is 10.8. The summed E-state index contributed by atoms with van der Waals surface area (Å²) in [7, 11) is 0. The Kier molecular flexibility index (Phi) is 5.93. The van der Waals surface area contributed by atoms with E-state index in [4.69, 9.17) is 0 Å². The molecule has 17 heavy (non-hydrogen) atoms. The molecule has 0 fully saturated rings. The Labute approximate surface area is 102 Å². The zero-order chi connectivity index (χ0) is 13.6. The fourth-order valence-corrected chi connectivity index (χ4v) is 1.42. The van der Waals surface area contributed by atoms with E-state index in [2.05, 4.69) is 0 Å². The molecule has 4 heteroatoms. The van der Waals surface area contributed by atoms with E-state index in [1.54, 1.807) is 27.7 Å². The molecule has 0 saturated heterocycles. The number of ketones is 2. The van der Waals surface area contributed by atoms with Crippen molar-refractivity contribution in [3.63, 3.8) is 0 Å². The van der Waals surface area contributed by atoms with Gasteiger partial charge in [0.15, 0.2) is 5.78 Å². The maximum absolute atomic E-state index is 11.8. The van der Waals surface area contributed by atoms with Crippen LogP contribution in [-0.2, 0) is 19.2 Å². The molecular formula is C13H19O4. The van der Waals surface area contributed by atoms with Crippen LogP contribution in [0.4, 0.5) is 0 Å². The zero-order valence-corrected chi connectivity index (χ0v) is 10.8. The Balaban J connectivity index is 4.74. The molecule has 0 rings (SSSR count). The van der Waals surface area contributed by atoms with Crippen LogP contribution in [0.15, 0.2) is 0 Å². The highest BCUT2D eigenvalue weighted by molar-refractivity contribution is 6.38. The van der Waals surface area contributed by atoms with Crippen molar-refractivity contribution in [2.24, 2.45) is 17.3 Å². The van der Waals surface area contributed by atoms with Gasteiger partial charge in [-0.05, 0) is 5.41 Å². The summed E-state index contributed by atoms with van der Waals surface area (Å²) < 4.78 is 0. The minimum absolute atomic E-state index is 0.0536. The average Bonchev–Trinajstić information content (AvgIpc) is 2.32. The summed E-state index contributed by atoms with van der Waals surface area (Å²) in [5.41, 5.74) is -0.615. The van der Waals surface area contributed by atoms with Crippen LogP contribution in [0.2, 0.25) is 0 Å². The van der Waals surface area contributed by atoms with Gasteiger partial charge in [-0.25, -0.2) is 0 Å². The van der Waals surface area contributed by atoms with E-state index in [9.17, 15) is 19.2 Å². The first-order chi connectivity index (χ1) is 7.78. The van der Waals surface area contributed by atoms with Gasteiger partial charge in [0, 0.05) is 24.7 Å². The molecule has 4 nitrogen and oxygen atoms in total. The van der Waals surface area contributed by atoms with Gasteiger partial charge in [0.2, 0.25) is 12.1 Å². The molecule has 0 heterocycles. The molecule has 0 aromatic carbocycles. The van der Waals surface area contributed by atoms with Crippen LogP contribution in [0.25, 0.3) is 0 Å². The SMILES string of the molecule is CC([C]=O)C(C)(C)C(C)C(=O)C(=O)CCC=O. The van der Waals surface area contributed by atoms with E-state index in [1.807, 2.05) is 6.29 Å². The predicted molar refractivity (Wildman–Crippen MR) is 63.1 cm³/mol. The molecule has 1 radical (unpaired) electrons. The Morgan fingerprint density at radius 3 is 2.24 bits per heavy atom. The van der Waals surface area contributed by atoms with Crippen LogP contribution in [-0.4, -0.2) is 24.1 Å². The van der Waals surface area contributed by atoms with E-state index >= 15 is 0 Å². The normalized spacial score (nSPS) is 14.8. The predicted octanol–water partition coefficient (Wildman–Crippen LogP) is 1.51. The summed E-state index contributed by atoms with van der Waals surface area (Å²) in [4.78, 5) is 44.1. The monoisotopic (exact) mass is 239 g/mol. The van der Waals surface area contributed by atoms with Crippen molar-refractivity contribution in [2.45, 2.75) is 40.5 Å². The van der Waals surface area contributed by atoms with Gasteiger partial charge in [-0.2, -0.15) is 0 Å². The molecule has 0 aliphatic carbocycles. The maximum atomic E-state index is 11.8. The third kappa shape index (κ3) is 3.88. The molecule has 2 unspecified atom stereocenters. The van der Waals surface area contributed by atoms with Crippen LogP contribution in [0.5, 0.6) is 0 Å². The fraction of sp³-hybridized carbons (Fsp3) is 0.692. The van der Waals surface area contributed by atoms with E-state index in [1.165, 1.54) is 0 Å². The van der Waals surface area contributed by atoms with Crippen LogP contribution >= 0.6 is 0 Å². The largest absolute Gasteiger partial charge is 0.303 e. The van der Waals surface area contributed by atoms with Gasteiger partial charge in [-0.15, -0.1) is 0 Å². The minimum atomic E-state index is -0.615. The van der Waals surface area contributed by atoms with Gasteiger partial charge >= 0.3 is 0 Å². The second kappa shape index (κ2) is 6.42. The molecule has 0 spiro atoms. The second-order valence-corrected chi connectivity index (χ2v) is 4.88. The lowest BCUT2D eigenvalue weighted by atomic mass is 9.69. The number of Topliss-reactive ketones (excluding diaryl/α,β-unsaturated/α-hetero) is 2. The van der Waals surface area contributed by atoms with Crippen molar-refractivity contribution < 1.29 is 19.2 Å². The first kappa shape index (κ1) is 15.7. The van der Waals surface area contributed by atoms with Gasteiger partial charge in [0.05, 0.1) is 0 Å². The fourth-order valence-electron chi connectivity index (χ4n) is 1.42. The summed E-state index contributed by atoms with van der Waals surface area (Å²) in [6, 6.07) is 0. The van der Waals surface area contributed by atoms with E-state index < -0.39 is 28.8 Å². The third-order valence-corrected chi connectivity index (χ3v) is 3.57. The smallest absolute Gasteiger partial charge is 0.202 e. The van der Waals surface area contributed by atoms with Crippen molar-refractivity contribution in [2.75, 3.05) is 0 Å². The molecule has 2 atom stereocenters. The molecule has 0 N–H and O–H groups in total. The van der Waals surface area contributed by atoms with Crippen LogP contribution < -0.4 is 0 Å². The number of carbonyl (C=O) groups is 3. The van der Waals surface area contributed by atoms with Gasteiger partial charge in [-0.3, -0.25) is 14.4 Å². The highest BCUT2D eigenvalue weighted by Crippen LogP contribution is 2.34. The lowest BCUT2D eigenvalue weighted by Crippen LogP contribution is -2.38. The first-order valence-electron chi connectivity index (χ1n) is 5.67. The molecule has 95 valence electrons. The van der Waals surface area contributed by atoms with E-state index in [0.29, 0.717) is 6.29 Å². The quantitative estimate of drug-likeness (QED) is 0.475. The molecule has 0 aliphatic heterocycles. The molecule has 0 amide bonds. The van der Waals surface area contributed by atoms with Crippen molar-refractivity contribution >= 4 is 24.1 Å². The number of hydrogen-bond donors (Lipinski definition) is 0. The molecule has 0 saturated carbocycles. The van der Waals surface area contributed by atoms with Gasteiger partial charge in [-0.1, -0.05) is 27.7 Å². The summed E-state index contributed by atoms with van der Waals surface area (Å²) in [6.07, 6.45) is 2.48. The van der Waals surface area contributed by atoms with Crippen molar-refractivity contribution in [1.29, 1.82) is 0 Å². The highest BCUT2D eigenvalue weighted by Gasteiger charge is 2.38. The maximum Gasteiger partial charge on any atom is 0.202 e. The molecule has 0 aromatic heterocycles. The first-order valence-corrected chi connectivity index (χ1v) is 5.67. The number of rotatable bonds is 8. The third-order valence-electron chi connectivity index (χ3n) is 3.57. The van der Waals surface area contributed by atoms with Crippen molar-refractivity contribution in [1.82, 2.24) is 0 Å². The van der Waals surface area contributed by atoms with E-state index in [-0.39, 0.29) is 12.8 Å². The van der Waals surface area contributed by atoms with E-state index in [0.717, 1.165) is 0 Å². The topological polar surface area (TPSA) is 68.3 Å². The summed E-state index contributed by atoms with van der Waals surface area (Å²) >= 11 is 0. The lowest BCUT2D eigenvalue weighted by Gasteiger charge is -2.33. The Morgan fingerprint density at radius 2 is 1.82 bits per heavy atom. The lowest BCUT2D eigenvalue weighted by molar-refractivity contribution is -0.141. The summed E-state index contributed by atoms with van der Waals surface area (Å²) in [6.45, 7) is 6.83. The second-order valence-electron chi connectivity index (χ2n) is 4.88. The van der Waals surface area contributed by atoms with Crippen LogP contribution in [0.3, 0.4) is 0 Å². The number of hydrogen-bond acceptors (Lipinski definition) is 4. The summed E-state index contributed by atoms with van der Waals surface area (Å²) in [5, 5.41) is 0. The number of carbonyl (C=O) groups excluding carboxylic acids is 4. The Bertz CT molecular complexity index is 317. The Morgan fingerprint density at radius 1 is 1.29 bits per heavy atom. The van der Waals surface area contributed by atoms with Gasteiger partial charge in [0.25, 0.3) is 0 Å². The molecule has 0 aromatic rings.